The van der Waals surface area contributed by atoms with Crippen molar-refractivity contribution in [2.24, 2.45) is 0 Å². The highest BCUT2D eigenvalue weighted by atomic mass is 35.5. The minimum Gasteiger partial charge on any atom is -0.494 e. The number of likely N-dealkylation sites (tertiary alicyclic amines) is 1. The average Bonchev–Trinajstić information content (AvgIpc) is 3.66. The van der Waals surface area contributed by atoms with E-state index in [1.54, 1.807) is 49.2 Å². The van der Waals surface area contributed by atoms with Gasteiger partial charge in [-0.2, -0.15) is 16.7 Å². The summed E-state index contributed by atoms with van der Waals surface area (Å²) in [5, 5.41) is 22.7. The van der Waals surface area contributed by atoms with E-state index in [0.717, 1.165) is 21.7 Å². The van der Waals surface area contributed by atoms with Crippen LogP contribution in [-0.4, -0.2) is 118 Å². The Morgan fingerprint density at radius 1 is 1.13 bits per heavy atom. The van der Waals surface area contributed by atoms with Gasteiger partial charge in [0, 0.05) is 44.0 Å². The minimum atomic E-state index is -2.02. The third-order valence-electron chi connectivity index (χ3n) is 10.4. The topological polar surface area (TPSA) is 189 Å². The van der Waals surface area contributed by atoms with Gasteiger partial charge in [-0.15, -0.1) is 11.3 Å². The molecule has 3 amide bonds. The van der Waals surface area contributed by atoms with Gasteiger partial charge < -0.3 is 45.5 Å². The molecule has 2 fully saturated rings. The van der Waals surface area contributed by atoms with Crippen molar-refractivity contribution in [3.05, 3.63) is 70.5 Å². The second-order valence-corrected chi connectivity index (χ2v) is 18.4. The molecule has 3 atom stereocenters. The van der Waals surface area contributed by atoms with E-state index in [0.29, 0.717) is 59.4 Å². The fraction of sp³-hybridized carbons (Fsp3) is 0.476. The molecule has 2 aromatic carbocycles. The third kappa shape index (κ3) is 11.8. The highest BCUT2D eigenvalue weighted by Gasteiger charge is 2.54. The quantitative estimate of drug-likeness (QED) is 0.0621. The summed E-state index contributed by atoms with van der Waals surface area (Å²) < 4.78 is 31.3. The lowest BCUT2D eigenvalue weighted by Crippen LogP contribution is -2.61. The van der Waals surface area contributed by atoms with Gasteiger partial charge in [0.05, 0.1) is 47.8 Å². The lowest BCUT2D eigenvalue weighted by atomic mass is 10.00. The molecule has 2 aromatic heterocycles. The maximum atomic E-state index is 15.0. The number of anilines is 3. The first-order valence-electron chi connectivity index (χ1n) is 20.0. The van der Waals surface area contributed by atoms with Crippen LogP contribution in [0.2, 0.25) is 5.02 Å². The first kappa shape index (κ1) is 45.8. The van der Waals surface area contributed by atoms with E-state index in [4.69, 9.17) is 25.8 Å². The largest absolute Gasteiger partial charge is 0.494 e. The van der Waals surface area contributed by atoms with Crippen LogP contribution in [0.5, 0.6) is 11.5 Å². The number of methoxy groups -OCH3 is 1. The lowest BCUT2D eigenvalue weighted by molar-refractivity contribution is -0.143. The van der Waals surface area contributed by atoms with Crippen LogP contribution >= 0.6 is 34.7 Å². The molecule has 1 saturated heterocycles. The fourth-order valence-corrected chi connectivity index (χ4v) is 8.86. The normalized spacial score (nSPS) is 17.3. The summed E-state index contributed by atoms with van der Waals surface area (Å²) in [5.41, 5.74) is 3.26. The van der Waals surface area contributed by atoms with Crippen molar-refractivity contribution < 1.29 is 38.1 Å². The number of aryl methyl sites for hydroxylation is 1. The molecule has 0 spiro atoms. The van der Waals surface area contributed by atoms with E-state index in [-0.39, 0.29) is 39.0 Å². The van der Waals surface area contributed by atoms with Crippen molar-refractivity contribution in [1.82, 2.24) is 30.5 Å². The van der Waals surface area contributed by atoms with E-state index in [1.807, 2.05) is 45.0 Å². The maximum Gasteiger partial charge on any atom is 0.258 e. The second kappa shape index (κ2) is 20.4. The number of carbonyl (C=O) groups is 3. The number of hydrogen-bond donors (Lipinski definition) is 5. The number of halogens is 2. The molecule has 61 heavy (non-hydrogen) atoms. The Labute approximate surface area is 367 Å². The van der Waals surface area contributed by atoms with E-state index < -0.39 is 46.3 Å². The Bertz CT molecular complexity index is 2160. The number of β-amino-alcohol motifs (C(OH)–C–C–N with tert-alkyl or cyclic N) is 1. The lowest BCUT2D eigenvalue weighted by Gasteiger charge is -2.37. The average molecular weight is 900 g/mol. The number of thioether (sulfide) groups is 1. The van der Waals surface area contributed by atoms with Crippen LogP contribution in [0.15, 0.2) is 54.2 Å². The first-order valence-corrected chi connectivity index (χ1v) is 22.2. The molecular weight excluding hydrogens is 847 g/mol. The SMILES string of the molecule is CNc1nc(Nc2ccc(OCCOCCCSC(C)(C)C(NC(=O)C3(F)CC3)C(=O)N3C[C@H](O)C[C@H]3C(=O)NCc3ccc(-c4scnc4C)cc3)cc2OC)ncc1Cl. The Morgan fingerprint density at radius 3 is 2.59 bits per heavy atom. The number of aliphatic hydroxyl groups is 1. The van der Waals surface area contributed by atoms with Gasteiger partial charge in [-0.25, -0.2) is 14.4 Å². The number of hydrogen-bond acceptors (Lipinski definition) is 14. The summed E-state index contributed by atoms with van der Waals surface area (Å²) in [6, 6.07) is 11.0. The van der Waals surface area contributed by atoms with Crippen molar-refractivity contribution in [3.8, 4) is 21.9 Å². The first-order chi connectivity index (χ1) is 29.2. The van der Waals surface area contributed by atoms with Gasteiger partial charge in [0.25, 0.3) is 5.91 Å². The van der Waals surface area contributed by atoms with Crippen LogP contribution in [0.3, 0.4) is 0 Å². The molecule has 3 heterocycles. The van der Waals surface area contributed by atoms with Gasteiger partial charge in [0.15, 0.2) is 5.67 Å². The number of aromatic nitrogens is 3. The van der Waals surface area contributed by atoms with Gasteiger partial charge >= 0.3 is 0 Å². The van der Waals surface area contributed by atoms with Crippen LogP contribution in [-0.2, 0) is 25.7 Å². The number of thiazole rings is 1. The summed E-state index contributed by atoms with van der Waals surface area (Å²) in [5.74, 6) is 0.665. The fourth-order valence-electron chi connectivity index (χ4n) is 6.75. The summed E-state index contributed by atoms with van der Waals surface area (Å²) in [7, 11) is 3.26. The standard InChI is InChI=1S/C42H52ClFN8O7S2/c1-25-34(60-24-48-25)27-9-7-26(8-10-27)21-46-37(54)32-19-28(53)23-52(32)38(55)35(50-39(56)42(44)13-14-42)41(2,3)61-18-6-15-58-16-17-59-29-11-12-31(33(20-29)57-5)49-40-47-22-30(43)36(45-4)51-40/h7-12,20,22,24,28,32,35,53H,6,13-19,21,23H2,1-5H3,(H,46,54)(H,50,56)(H2,45,47,49,51)/t28-,32+,35?/m1/s1. The highest BCUT2D eigenvalue weighted by Crippen LogP contribution is 2.41. The molecule has 1 unspecified atom stereocenters. The minimum absolute atomic E-state index is 0.0389. The molecule has 2 aliphatic rings. The van der Waals surface area contributed by atoms with Crippen LogP contribution < -0.4 is 30.7 Å². The van der Waals surface area contributed by atoms with Gasteiger partial charge in [-0.05, 0) is 69.0 Å². The molecule has 15 nitrogen and oxygen atoms in total. The monoisotopic (exact) mass is 898 g/mol. The van der Waals surface area contributed by atoms with Gasteiger partial charge in [-0.1, -0.05) is 35.9 Å². The van der Waals surface area contributed by atoms with Crippen molar-refractivity contribution >= 4 is 69.9 Å². The van der Waals surface area contributed by atoms with Crippen molar-refractivity contribution in [2.45, 2.75) is 81.6 Å². The predicted molar refractivity (Wildman–Crippen MR) is 236 cm³/mol. The summed E-state index contributed by atoms with van der Waals surface area (Å²) in [4.78, 5) is 56.2. The van der Waals surface area contributed by atoms with Gasteiger partial charge in [0.1, 0.15) is 41.0 Å². The molecule has 1 aliphatic carbocycles. The smallest absolute Gasteiger partial charge is 0.258 e. The Hall–Kier alpha value is -4.75. The second-order valence-electron chi connectivity index (χ2n) is 15.3. The zero-order valence-electron chi connectivity index (χ0n) is 34.8. The molecule has 1 aliphatic heterocycles. The van der Waals surface area contributed by atoms with E-state index in [1.165, 1.54) is 22.9 Å². The van der Waals surface area contributed by atoms with Crippen molar-refractivity contribution in [3.63, 3.8) is 0 Å². The molecule has 1 saturated carbocycles. The number of alkyl halides is 1. The third-order valence-corrected chi connectivity index (χ3v) is 13.1. The molecule has 0 radical (unpaired) electrons. The Morgan fingerprint density at radius 2 is 1.90 bits per heavy atom. The summed E-state index contributed by atoms with van der Waals surface area (Å²) in [6.07, 6.45) is 1.38. The molecule has 4 aromatic rings. The highest BCUT2D eigenvalue weighted by molar-refractivity contribution is 8.00. The zero-order chi connectivity index (χ0) is 43.7. The number of benzene rings is 2. The van der Waals surface area contributed by atoms with Crippen LogP contribution in [0.25, 0.3) is 10.4 Å². The van der Waals surface area contributed by atoms with Crippen LogP contribution in [0.4, 0.5) is 21.8 Å². The van der Waals surface area contributed by atoms with Crippen molar-refractivity contribution in [1.29, 1.82) is 0 Å². The number of carbonyl (C=O) groups excluding carboxylic acids is 3. The molecule has 0 bridgehead atoms. The number of aliphatic hydroxyl groups excluding tert-OH is 1. The van der Waals surface area contributed by atoms with Gasteiger partial charge in [0.2, 0.25) is 17.8 Å². The number of nitrogens with one attached hydrogen (secondary N) is 4. The van der Waals surface area contributed by atoms with E-state index >= 15 is 0 Å². The summed E-state index contributed by atoms with van der Waals surface area (Å²) >= 11 is 9.08. The van der Waals surface area contributed by atoms with E-state index in [9.17, 15) is 23.9 Å². The maximum absolute atomic E-state index is 15.0. The Balaban J connectivity index is 0.980. The van der Waals surface area contributed by atoms with Crippen LogP contribution in [0.1, 0.15) is 50.8 Å². The molecule has 328 valence electrons. The zero-order valence-corrected chi connectivity index (χ0v) is 37.1. The number of amides is 3. The molecule has 19 heteroatoms. The Kier molecular flexibility index (Phi) is 15.3. The number of ether oxygens (including phenoxy) is 3. The van der Waals surface area contributed by atoms with Gasteiger partial charge in [-0.3, -0.25) is 14.4 Å². The van der Waals surface area contributed by atoms with E-state index in [2.05, 4.69) is 36.2 Å². The van der Waals surface area contributed by atoms with Crippen molar-refractivity contribution in [2.75, 3.05) is 56.9 Å². The molecule has 6 rings (SSSR count). The number of rotatable bonds is 21. The molecule has 5 N–H and O–H groups in total. The summed E-state index contributed by atoms with van der Waals surface area (Å²) in [6.45, 7) is 6.70. The number of nitrogens with zero attached hydrogens (tertiary/aromatic N) is 4. The predicted octanol–water partition coefficient (Wildman–Crippen LogP) is 5.92. The van der Waals surface area contributed by atoms with Crippen LogP contribution in [0, 0.1) is 6.92 Å². The molecular formula is C42H52ClFN8O7S2.